The zero-order chi connectivity index (χ0) is 14.7. The maximum Gasteiger partial charge on any atom is 0.294 e. The van der Waals surface area contributed by atoms with Crippen LogP contribution in [0.2, 0.25) is 0 Å². The van der Waals surface area contributed by atoms with Crippen molar-refractivity contribution in [1.29, 1.82) is 0 Å². The summed E-state index contributed by atoms with van der Waals surface area (Å²) in [6, 6.07) is 0. The summed E-state index contributed by atoms with van der Waals surface area (Å²) in [5.41, 5.74) is 0. The fourth-order valence-corrected chi connectivity index (χ4v) is 2.80. The molecule has 20 heavy (non-hydrogen) atoms. The van der Waals surface area contributed by atoms with Gasteiger partial charge in [0.1, 0.15) is 12.2 Å². The number of carbonyl (C=O) groups is 1. The van der Waals surface area contributed by atoms with Crippen molar-refractivity contribution in [2.45, 2.75) is 37.5 Å². The lowest BCUT2D eigenvalue weighted by atomic mass is 10.2. The van der Waals surface area contributed by atoms with E-state index in [1.807, 2.05) is 13.8 Å². The van der Waals surface area contributed by atoms with Crippen molar-refractivity contribution in [1.82, 2.24) is 14.3 Å². The van der Waals surface area contributed by atoms with Crippen molar-refractivity contribution >= 4 is 28.5 Å². The second kappa shape index (κ2) is 6.70. The van der Waals surface area contributed by atoms with Crippen LogP contribution >= 0.6 is 23.3 Å². The minimum Gasteiger partial charge on any atom is -0.463 e. The van der Waals surface area contributed by atoms with Gasteiger partial charge < -0.3 is 19.1 Å². The van der Waals surface area contributed by atoms with E-state index in [-0.39, 0.29) is 23.7 Å². The Bertz CT molecular complexity index is 468. The van der Waals surface area contributed by atoms with Crippen LogP contribution in [0.3, 0.4) is 0 Å². The molecular weight excluding hydrogens is 302 g/mol. The van der Waals surface area contributed by atoms with E-state index in [1.165, 1.54) is 4.90 Å². The van der Waals surface area contributed by atoms with Crippen LogP contribution in [-0.4, -0.2) is 58.7 Å². The van der Waals surface area contributed by atoms with Gasteiger partial charge in [0.2, 0.25) is 5.16 Å². The molecule has 0 radical (unpaired) electrons. The van der Waals surface area contributed by atoms with Gasteiger partial charge in [0.15, 0.2) is 6.29 Å². The lowest BCUT2D eigenvalue weighted by molar-refractivity contribution is -0.0609. The molecule has 1 aromatic heterocycles. The second-order valence-corrected chi connectivity index (χ2v) is 6.14. The summed E-state index contributed by atoms with van der Waals surface area (Å²) in [6.07, 6.45) is -0.506. The minimum atomic E-state index is -0.204. The van der Waals surface area contributed by atoms with Gasteiger partial charge in [-0.15, -0.1) is 0 Å². The third-order valence-electron chi connectivity index (χ3n) is 2.60. The molecule has 112 valence electrons. The molecule has 0 aliphatic carbocycles. The molecule has 1 fully saturated rings. The maximum atomic E-state index is 11.5. The number of rotatable bonds is 4. The number of hydrogen-bond acceptors (Lipinski definition) is 8. The van der Waals surface area contributed by atoms with Crippen LogP contribution in [0, 0.1) is 0 Å². The van der Waals surface area contributed by atoms with Crippen molar-refractivity contribution in [3.63, 3.8) is 0 Å². The van der Waals surface area contributed by atoms with E-state index in [0.717, 1.165) is 23.3 Å². The molecular formula is C11H17N3O4S2. The van der Waals surface area contributed by atoms with E-state index < -0.39 is 0 Å². The molecule has 7 nitrogen and oxygen atoms in total. The van der Waals surface area contributed by atoms with Gasteiger partial charge in [0.25, 0.3) is 10.4 Å². The van der Waals surface area contributed by atoms with Gasteiger partial charge in [0.05, 0.1) is 6.61 Å². The van der Waals surface area contributed by atoms with Crippen LogP contribution in [0.25, 0.3) is 0 Å². The Hall–Kier alpha value is -0.900. The molecule has 2 heterocycles. The quantitative estimate of drug-likeness (QED) is 0.784. The van der Waals surface area contributed by atoms with Gasteiger partial charge in [-0.25, -0.2) is 0 Å². The van der Waals surface area contributed by atoms with Crippen LogP contribution in [-0.2, 0) is 9.47 Å². The zero-order valence-electron chi connectivity index (χ0n) is 11.7. The molecule has 2 rings (SSSR count). The predicted molar refractivity (Wildman–Crippen MR) is 75.2 cm³/mol. The second-order valence-electron chi connectivity index (χ2n) is 4.50. The molecule has 1 amide bonds. The van der Waals surface area contributed by atoms with Crippen molar-refractivity contribution in [2.75, 3.05) is 20.7 Å². The average molecular weight is 319 g/mol. The Balaban J connectivity index is 1.87. The highest BCUT2D eigenvalue weighted by Crippen LogP contribution is 2.25. The van der Waals surface area contributed by atoms with Crippen LogP contribution in [0.5, 0.6) is 5.19 Å². The molecule has 1 aliphatic rings. The highest BCUT2D eigenvalue weighted by atomic mass is 32.2. The Kier molecular flexibility index (Phi) is 5.19. The molecule has 3 atom stereocenters. The van der Waals surface area contributed by atoms with Crippen molar-refractivity contribution in [2.24, 2.45) is 0 Å². The van der Waals surface area contributed by atoms with E-state index >= 15 is 0 Å². The SMILES string of the molecule is CC1OC[C@H](C(C)Oc2nc(SC(=O)N(C)C)ns2)O1. The normalized spacial score (nSPS) is 23.6. The zero-order valence-corrected chi connectivity index (χ0v) is 13.4. The number of amides is 1. The van der Waals surface area contributed by atoms with E-state index in [9.17, 15) is 4.79 Å². The number of carbonyl (C=O) groups excluding carboxylic acids is 1. The smallest absolute Gasteiger partial charge is 0.294 e. The fraction of sp³-hybridized carbons (Fsp3) is 0.727. The van der Waals surface area contributed by atoms with Crippen LogP contribution in [0.15, 0.2) is 5.16 Å². The standard InChI is InChI=1S/C11H17N3O4S2/c1-6(8-5-16-7(2)18-8)17-10-12-9(13-20-10)19-11(15)14(3)4/h6-8H,5H2,1-4H3/t6?,7?,8-/m1/s1. The molecule has 2 unspecified atom stereocenters. The highest BCUT2D eigenvalue weighted by molar-refractivity contribution is 8.13. The van der Waals surface area contributed by atoms with Gasteiger partial charge in [-0.2, -0.15) is 9.36 Å². The Morgan fingerprint density at radius 1 is 1.60 bits per heavy atom. The molecule has 1 aliphatic heterocycles. The van der Waals surface area contributed by atoms with E-state index in [4.69, 9.17) is 14.2 Å². The minimum absolute atomic E-state index is 0.117. The van der Waals surface area contributed by atoms with E-state index in [0.29, 0.717) is 17.0 Å². The molecule has 0 spiro atoms. The van der Waals surface area contributed by atoms with E-state index in [2.05, 4.69) is 9.36 Å². The summed E-state index contributed by atoms with van der Waals surface area (Å²) in [4.78, 5) is 17.2. The van der Waals surface area contributed by atoms with Gasteiger partial charge in [-0.05, 0) is 13.8 Å². The molecule has 0 N–H and O–H groups in total. The fourth-order valence-electron chi connectivity index (χ4n) is 1.49. The van der Waals surface area contributed by atoms with Gasteiger partial charge in [0, 0.05) is 37.4 Å². The summed E-state index contributed by atoms with van der Waals surface area (Å²) in [7, 11) is 3.36. The lowest BCUT2D eigenvalue weighted by Gasteiger charge is -2.17. The monoisotopic (exact) mass is 319 g/mol. The van der Waals surface area contributed by atoms with Gasteiger partial charge in [-0.3, -0.25) is 4.79 Å². The Morgan fingerprint density at radius 2 is 2.35 bits per heavy atom. The first-order valence-corrected chi connectivity index (χ1v) is 7.71. The number of ether oxygens (including phenoxy) is 3. The van der Waals surface area contributed by atoms with Crippen LogP contribution < -0.4 is 4.74 Å². The maximum absolute atomic E-state index is 11.5. The van der Waals surface area contributed by atoms with Gasteiger partial charge >= 0.3 is 0 Å². The first kappa shape index (κ1) is 15.5. The van der Waals surface area contributed by atoms with Crippen molar-refractivity contribution in [3.8, 4) is 5.19 Å². The van der Waals surface area contributed by atoms with E-state index in [1.54, 1.807) is 14.1 Å². The molecule has 0 aromatic carbocycles. The first-order valence-electron chi connectivity index (χ1n) is 6.12. The first-order chi connectivity index (χ1) is 9.45. The molecule has 1 aromatic rings. The number of aromatic nitrogens is 2. The van der Waals surface area contributed by atoms with Crippen molar-refractivity contribution < 1.29 is 19.0 Å². The lowest BCUT2D eigenvalue weighted by Crippen LogP contribution is -2.30. The molecule has 0 saturated carbocycles. The summed E-state index contributed by atoms with van der Waals surface area (Å²) in [5.74, 6) is 0. The third kappa shape index (κ3) is 4.05. The van der Waals surface area contributed by atoms with Crippen LogP contribution in [0.4, 0.5) is 4.79 Å². The Labute approximate surface area is 125 Å². The highest BCUT2D eigenvalue weighted by Gasteiger charge is 2.29. The number of hydrogen-bond donors (Lipinski definition) is 0. The summed E-state index contributed by atoms with van der Waals surface area (Å²) < 4.78 is 20.6. The number of thioether (sulfide) groups is 1. The summed E-state index contributed by atoms with van der Waals surface area (Å²) in [5, 5.41) is 0.700. The largest absolute Gasteiger partial charge is 0.463 e. The summed E-state index contributed by atoms with van der Waals surface area (Å²) in [6.45, 7) is 4.24. The third-order valence-corrected chi connectivity index (χ3v) is 4.23. The Morgan fingerprint density at radius 3 is 2.95 bits per heavy atom. The molecule has 0 bridgehead atoms. The van der Waals surface area contributed by atoms with Crippen LogP contribution in [0.1, 0.15) is 13.8 Å². The average Bonchev–Trinajstić information content (AvgIpc) is 2.98. The predicted octanol–water partition coefficient (Wildman–Crippen LogP) is 1.84. The van der Waals surface area contributed by atoms with Crippen molar-refractivity contribution in [3.05, 3.63) is 0 Å². The molecule has 9 heteroatoms. The molecule has 1 saturated heterocycles. The number of nitrogens with zero attached hydrogens (tertiary/aromatic N) is 3. The van der Waals surface area contributed by atoms with Gasteiger partial charge in [-0.1, -0.05) is 0 Å². The topological polar surface area (TPSA) is 73.8 Å². The summed E-state index contributed by atoms with van der Waals surface area (Å²) >= 11 is 2.09.